The first-order valence-electron chi connectivity index (χ1n) is 13.4. The van der Waals surface area contributed by atoms with Crippen molar-refractivity contribution in [3.63, 3.8) is 0 Å². The molecule has 1 unspecified atom stereocenters. The van der Waals surface area contributed by atoms with Crippen LogP contribution in [-0.2, 0) is 19.4 Å². The summed E-state index contributed by atoms with van der Waals surface area (Å²) < 4.78 is 7.07. The minimum atomic E-state index is -3.61. The van der Waals surface area contributed by atoms with Crippen molar-refractivity contribution in [3.8, 4) is 11.1 Å². The number of nitrogens with two attached hydrogens (primary N) is 1. The van der Waals surface area contributed by atoms with Crippen molar-refractivity contribution in [1.82, 2.24) is 0 Å². The van der Waals surface area contributed by atoms with Crippen LogP contribution in [0.5, 0.6) is 0 Å². The van der Waals surface area contributed by atoms with Crippen LogP contribution in [0.4, 0.5) is 0 Å². The second-order valence-corrected chi connectivity index (χ2v) is 20.0. The van der Waals surface area contributed by atoms with Gasteiger partial charge in [-0.15, -0.1) is 0 Å². The number of benzene rings is 5. The van der Waals surface area contributed by atoms with Crippen molar-refractivity contribution < 1.29 is 14.7 Å². The Hall–Kier alpha value is -2.65. The molecule has 0 spiro atoms. The van der Waals surface area contributed by atoms with Gasteiger partial charge < -0.3 is 0 Å². The molecule has 0 radical (unpaired) electrons. The molecule has 5 aromatic carbocycles. The molecule has 1 aliphatic rings. The number of hydrogen-bond acceptors (Lipinski definition) is 1. The summed E-state index contributed by atoms with van der Waals surface area (Å²) >= 11 is -3.61. The SMILES string of the molecule is Cc1ccc(-c2c([CH2][Ti]([NH2])([Cl])[Cl])c(C3C(c4ccccc4)=Cc4ccccc43)cc3ccccc23)c(C)c1C. The van der Waals surface area contributed by atoms with Gasteiger partial charge in [0.1, 0.15) is 0 Å². The Balaban J connectivity index is 1.73. The molecule has 0 saturated carbocycles. The minimum absolute atomic E-state index is 0.0480. The molecular formula is C35H31Cl2NTi. The molecule has 5 aromatic rings. The van der Waals surface area contributed by atoms with Gasteiger partial charge in [0.25, 0.3) is 0 Å². The Morgan fingerprint density at radius 2 is 1.44 bits per heavy atom. The molecule has 0 bridgehead atoms. The first kappa shape index (κ1) is 26.6. The van der Waals surface area contributed by atoms with Gasteiger partial charge in [0, 0.05) is 0 Å². The average molecular weight is 584 g/mol. The summed E-state index contributed by atoms with van der Waals surface area (Å²) in [5.41, 5.74) is 13.8. The monoisotopic (exact) mass is 583 g/mol. The molecule has 39 heavy (non-hydrogen) atoms. The van der Waals surface area contributed by atoms with Crippen molar-refractivity contribution in [2.24, 2.45) is 4.22 Å². The van der Waals surface area contributed by atoms with E-state index in [1.807, 2.05) is 0 Å². The first-order chi connectivity index (χ1) is 18.7. The van der Waals surface area contributed by atoms with E-state index in [-0.39, 0.29) is 5.92 Å². The zero-order valence-electron chi connectivity index (χ0n) is 22.4. The number of rotatable bonds is 5. The van der Waals surface area contributed by atoms with Crippen LogP contribution < -0.4 is 4.22 Å². The van der Waals surface area contributed by atoms with Gasteiger partial charge in [-0.3, -0.25) is 0 Å². The summed E-state index contributed by atoms with van der Waals surface area (Å²) in [5, 5.41) is 2.42. The Kier molecular flexibility index (Phi) is 7.08. The number of fused-ring (bicyclic) bond motifs is 2. The fourth-order valence-electron chi connectivity index (χ4n) is 6.17. The van der Waals surface area contributed by atoms with E-state index in [4.69, 9.17) is 22.8 Å². The van der Waals surface area contributed by atoms with Crippen molar-refractivity contribution in [2.75, 3.05) is 0 Å². The van der Waals surface area contributed by atoms with Gasteiger partial charge in [-0.25, -0.2) is 0 Å². The fourth-order valence-corrected chi connectivity index (χ4v) is 8.60. The van der Waals surface area contributed by atoms with E-state index in [0.717, 1.165) is 0 Å². The predicted octanol–water partition coefficient (Wildman–Crippen LogP) is 9.95. The van der Waals surface area contributed by atoms with Gasteiger partial charge in [-0.2, -0.15) is 0 Å². The van der Waals surface area contributed by atoms with Crippen molar-refractivity contribution in [2.45, 2.75) is 31.4 Å². The van der Waals surface area contributed by atoms with Gasteiger partial charge in [-0.05, 0) is 0 Å². The van der Waals surface area contributed by atoms with Gasteiger partial charge in [0.15, 0.2) is 0 Å². The number of allylic oxidation sites excluding steroid dienone is 1. The van der Waals surface area contributed by atoms with Gasteiger partial charge in [-0.1, -0.05) is 0 Å². The number of halogens is 2. The quantitative estimate of drug-likeness (QED) is 0.205. The van der Waals surface area contributed by atoms with Crippen molar-refractivity contribution in [1.29, 1.82) is 0 Å². The van der Waals surface area contributed by atoms with Crippen LogP contribution in [0, 0.1) is 20.8 Å². The first-order valence-corrected chi connectivity index (χ1v) is 19.7. The van der Waals surface area contributed by atoms with E-state index in [9.17, 15) is 0 Å². The third-order valence-electron chi connectivity index (χ3n) is 8.28. The van der Waals surface area contributed by atoms with E-state index in [0.29, 0.717) is 4.73 Å². The Morgan fingerprint density at radius 3 is 2.21 bits per heavy atom. The molecule has 0 fully saturated rings. The maximum atomic E-state index is 6.82. The summed E-state index contributed by atoms with van der Waals surface area (Å²) in [7, 11) is 13.6. The Labute approximate surface area is 242 Å². The molecule has 0 aliphatic heterocycles. The van der Waals surface area contributed by atoms with Crippen LogP contribution >= 0.6 is 18.6 Å². The van der Waals surface area contributed by atoms with Gasteiger partial charge >= 0.3 is 244 Å². The van der Waals surface area contributed by atoms with E-state index in [1.165, 1.54) is 72.0 Å². The van der Waals surface area contributed by atoms with Crippen LogP contribution in [0.2, 0.25) is 0 Å². The van der Waals surface area contributed by atoms with Crippen LogP contribution in [0.25, 0.3) is 33.5 Å². The molecule has 1 atom stereocenters. The molecule has 2 N–H and O–H groups in total. The number of hydrogen-bond donors (Lipinski definition) is 1. The zero-order chi connectivity index (χ0) is 27.3. The van der Waals surface area contributed by atoms with Crippen molar-refractivity contribution >= 4 is 41.0 Å². The zero-order valence-corrected chi connectivity index (χ0v) is 25.5. The molecule has 0 heterocycles. The molecule has 6 rings (SSSR count). The van der Waals surface area contributed by atoms with Crippen molar-refractivity contribution in [3.05, 3.63) is 142 Å². The summed E-state index contributed by atoms with van der Waals surface area (Å²) in [6.07, 6.45) is 2.34. The van der Waals surface area contributed by atoms with Crippen LogP contribution in [0.3, 0.4) is 0 Å². The van der Waals surface area contributed by atoms with Gasteiger partial charge in [0.05, 0.1) is 0 Å². The molecule has 0 saturated heterocycles. The fraction of sp³-hybridized carbons (Fsp3) is 0.143. The Bertz CT molecular complexity index is 1750. The summed E-state index contributed by atoms with van der Waals surface area (Å²) in [5.74, 6) is 0.0480. The molecule has 0 amide bonds. The standard InChI is InChI=1S/C35H29.2ClH.H2N.Ti/c1-22-18-19-29(24(3)23(22)2)34-25(4)32(20-27-14-8-10-16-30(27)34)35-31-17-11-9-15-28(31)21-33(35)26-12-6-5-7-13-26;;;;/h5-21,35H,4H2,1-3H3;2*1H;1H2;/q;;;-1;+3/p-2. The molecule has 1 aliphatic carbocycles. The second-order valence-electron chi connectivity index (χ2n) is 10.7. The van der Waals surface area contributed by atoms with E-state index >= 15 is 0 Å². The predicted molar refractivity (Wildman–Crippen MR) is 166 cm³/mol. The number of aryl methyl sites for hydroxylation is 1. The van der Waals surface area contributed by atoms with E-state index < -0.39 is 14.7 Å². The third kappa shape index (κ3) is 4.93. The maximum absolute atomic E-state index is 6.82. The van der Waals surface area contributed by atoms with Gasteiger partial charge in [0.2, 0.25) is 0 Å². The molecule has 4 heteroatoms. The Morgan fingerprint density at radius 1 is 0.744 bits per heavy atom. The molecule has 0 aromatic heterocycles. The summed E-state index contributed by atoms with van der Waals surface area (Å²) in [4.78, 5) is 0. The van der Waals surface area contributed by atoms with Crippen LogP contribution in [0.15, 0.2) is 97.1 Å². The third-order valence-corrected chi connectivity index (χ3v) is 10.7. The summed E-state index contributed by atoms with van der Waals surface area (Å²) in [6.45, 7) is 6.60. The van der Waals surface area contributed by atoms with E-state index in [2.05, 4.69) is 124 Å². The molecule has 1 nitrogen and oxygen atoms in total. The average Bonchev–Trinajstić information content (AvgIpc) is 3.31. The normalized spacial score (nSPS) is 14.9. The second kappa shape index (κ2) is 10.4. The van der Waals surface area contributed by atoms with Crippen LogP contribution in [-0.4, -0.2) is 0 Å². The van der Waals surface area contributed by atoms with E-state index in [1.54, 1.807) is 0 Å². The topological polar surface area (TPSA) is 26.0 Å². The molecule has 194 valence electrons. The summed E-state index contributed by atoms with van der Waals surface area (Å²) in [6, 6.07) is 34.9. The molecular weight excluding hydrogens is 553 g/mol. The van der Waals surface area contributed by atoms with Crippen LogP contribution in [0.1, 0.15) is 50.4 Å².